The monoisotopic (exact) mass is 666 g/mol. The van der Waals surface area contributed by atoms with Gasteiger partial charge in [-0.1, -0.05) is 170 Å². The molecule has 2 aliphatic heterocycles. The van der Waals surface area contributed by atoms with Gasteiger partial charge in [0, 0.05) is 0 Å². The van der Waals surface area contributed by atoms with Gasteiger partial charge in [0.1, 0.15) is 18.6 Å². The average Bonchev–Trinajstić information content (AvgIpc) is 3.87. The van der Waals surface area contributed by atoms with E-state index in [1.165, 1.54) is 44.5 Å². The van der Waals surface area contributed by atoms with Crippen molar-refractivity contribution in [3.63, 3.8) is 0 Å². The Morgan fingerprint density at radius 3 is 1.10 bits per heavy atom. The summed E-state index contributed by atoms with van der Waals surface area (Å²) in [5.41, 5.74) is 8.95. The third-order valence-electron chi connectivity index (χ3n) is 10.0. The largest absolute Gasteiger partial charge is 0.478 e. The van der Waals surface area contributed by atoms with Crippen LogP contribution in [-0.4, -0.2) is 37.1 Å². The molecule has 0 unspecified atom stereocenters. The van der Waals surface area contributed by atoms with Crippen LogP contribution in [0.2, 0.25) is 0 Å². The Hall–Kier alpha value is -5.74. The van der Waals surface area contributed by atoms with E-state index >= 15 is 0 Å². The van der Waals surface area contributed by atoms with E-state index in [2.05, 4.69) is 170 Å². The van der Waals surface area contributed by atoms with Crippen LogP contribution in [0.5, 0.6) is 0 Å². The van der Waals surface area contributed by atoms with Crippen LogP contribution in [0.1, 0.15) is 22.3 Å². The molecular weight excluding hydrogens is 625 g/mol. The highest BCUT2D eigenvalue weighted by Crippen LogP contribution is 2.39. The van der Waals surface area contributed by atoms with Gasteiger partial charge < -0.3 is 9.47 Å². The second-order valence-corrected chi connectivity index (χ2v) is 13.7. The first kappa shape index (κ1) is 32.5. The molecule has 6 aromatic rings. The van der Waals surface area contributed by atoms with Crippen LogP contribution < -0.4 is 0 Å². The van der Waals surface area contributed by atoms with E-state index in [1.807, 2.05) is 0 Å². The lowest BCUT2D eigenvalue weighted by molar-refractivity contribution is 0.248. The summed E-state index contributed by atoms with van der Waals surface area (Å²) in [5, 5.41) is 0. The predicted octanol–water partition coefficient (Wildman–Crippen LogP) is 9.87. The molecule has 6 aromatic carbocycles. The summed E-state index contributed by atoms with van der Waals surface area (Å²) in [7, 11) is 0. The quantitative estimate of drug-likeness (QED) is 0.131. The highest BCUT2D eigenvalue weighted by atomic mass is 16.5. The number of aliphatic imine (C=N–C) groups is 2. The highest BCUT2D eigenvalue weighted by molar-refractivity contribution is 6.07. The van der Waals surface area contributed by atoms with Gasteiger partial charge in [-0.2, -0.15) is 0 Å². The first-order valence-corrected chi connectivity index (χ1v) is 18.0. The van der Waals surface area contributed by atoms with Crippen molar-refractivity contribution >= 4 is 11.8 Å². The third kappa shape index (κ3) is 7.56. The first-order valence-electron chi connectivity index (χ1n) is 18.0. The smallest absolute Gasteiger partial charge is 0.200 e. The van der Waals surface area contributed by atoms with Gasteiger partial charge in [0.2, 0.25) is 0 Å². The summed E-state index contributed by atoms with van der Waals surface area (Å²) in [4.78, 5) is 10.7. The zero-order valence-electron chi connectivity index (χ0n) is 28.8. The molecule has 0 fully saturated rings. The van der Waals surface area contributed by atoms with Crippen LogP contribution in [0.3, 0.4) is 0 Å². The van der Waals surface area contributed by atoms with E-state index in [-0.39, 0.29) is 12.1 Å². The number of rotatable bonds is 12. The Labute approximate surface area is 301 Å². The Morgan fingerprint density at radius 2 is 0.725 bits per heavy atom. The second-order valence-electron chi connectivity index (χ2n) is 13.7. The summed E-state index contributed by atoms with van der Waals surface area (Å²) in [6.45, 7) is 1.07. The fraction of sp³-hybridized carbons (Fsp3) is 0.191. The Morgan fingerprint density at radius 1 is 0.392 bits per heavy atom. The lowest BCUT2D eigenvalue weighted by atomic mass is 9.75. The van der Waals surface area contributed by atoms with Crippen molar-refractivity contribution in [2.75, 3.05) is 13.2 Å². The molecule has 2 aliphatic rings. The molecule has 0 bridgehead atoms. The van der Waals surface area contributed by atoms with Gasteiger partial charge in [-0.3, -0.25) is 0 Å². The number of hydrogen-bond donors (Lipinski definition) is 0. The third-order valence-corrected chi connectivity index (χ3v) is 10.0. The summed E-state index contributed by atoms with van der Waals surface area (Å²) >= 11 is 0. The molecule has 2 heterocycles. The SMILES string of the molecule is c1ccc(C[C@H]2COC(C(Cc3ccc(-c4ccccc4)cc3)(Cc3ccc(-c4ccccc4)cc3)C3=N[C@@H](Cc4ccccc4)CO3)=N2)cc1. The lowest BCUT2D eigenvalue weighted by Crippen LogP contribution is -2.44. The number of benzene rings is 6. The standard InChI is InChI=1S/C47H42N2O2/c1-5-13-35(14-6-1)29-43-33-50-45(48-43)47(46-49-44(34-51-46)30-36-15-7-2-8-16-36,31-37-21-25-41(26-22-37)39-17-9-3-10-18-39)32-38-23-27-42(28-24-38)40-19-11-4-12-20-40/h1-28,43-44H,29-34H2/t43-,44-/m0/s1. The summed E-state index contributed by atoms with van der Waals surface area (Å²) in [5.74, 6) is 1.45. The molecule has 4 nitrogen and oxygen atoms in total. The fourth-order valence-corrected chi connectivity index (χ4v) is 7.38. The summed E-state index contributed by atoms with van der Waals surface area (Å²) in [6, 6.07) is 60.1. The van der Waals surface area contributed by atoms with E-state index in [0.29, 0.717) is 26.1 Å². The maximum absolute atomic E-state index is 6.69. The summed E-state index contributed by atoms with van der Waals surface area (Å²) in [6.07, 6.45) is 2.94. The van der Waals surface area contributed by atoms with Crippen molar-refractivity contribution in [1.82, 2.24) is 0 Å². The Bertz CT molecular complexity index is 1920. The minimum Gasteiger partial charge on any atom is -0.478 e. The molecule has 0 aromatic heterocycles. The minimum atomic E-state index is -0.723. The van der Waals surface area contributed by atoms with Crippen molar-refractivity contribution in [3.8, 4) is 22.3 Å². The number of hydrogen-bond acceptors (Lipinski definition) is 4. The zero-order chi connectivity index (χ0) is 34.3. The van der Waals surface area contributed by atoms with Gasteiger partial charge in [-0.15, -0.1) is 0 Å². The van der Waals surface area contributed by atoms with Crippen LogP contribution in [-0.2, 0) is 35.2 Å². The number of nitrogens with zero attached hydrogens (tertiary/aromatic N) is 2. The normalized spacial score (nSPS) is 16.9. The van der Waals surface area contributed by atoms with Crippen molar-refractivity contribution < 1.29 is 9.47 Å². The number of ether oxygens (including phenoxy) is 2. The molecular formula is C47H42N2O2. The van der Waals surface area contributed by atoms with E-state index in [0.717, 1.165) is 24.6 Å². The molecule has 0 radical (unpaired) electrons. The van der Waals surface area contributed by atoms with Gasteiger partial charge in [0.25, 0.3) is 0 Å². The molecule has 0 N–H and O–H groups in total. The van der Waals surface area contributed by atoms with Crippen molar-refractivity contribution in [2.45, 2.75) is 37.8 Å². The van der Waals surface area contributed by atoms with Crippen LogP contribution in [0.15, 0.2) is 180 Å². The highest BCUT2D eigenvalue weighted by Gasteiger charge is 2.49. The van der Waals surface area contributed by atoms with Crippen LogP contribution >= 0.6 is 0 Å². The van der Waals surface area contributed by atoms with Gasteiger partial charge in [-0.25, -0.2) is 9.98 Å². The van der Waals surface area contributed by atoms with Crippen molar-refractivity contribution in [2.24, 2.45) is 15.4 Å². The van der Waals surface area contributed by atoms with E-state index in [9.17, 15) is 0 Å². The predicted molar refractivity (Wildman–Crippen MR) is 208 cm³/mol. The molecule has 2 atom stereocenters. The molecule has 0 saturated carbocycles. The van der Waals surface area contributed by atoms with E-state index < -0.39 is 5.41 Å². The van der Waals surface area contributed by atoms with Gasteiger partial charge in [0.15, 0.2) is 11.8 Å². The van der Waals surface area contributed by atoms with E-state index in [4.69, 9.17) is 19.5 Å². The molecule has 8 rings (SSSR count). The molecule has 4 heteroatoms. The first-order chi connectivity index (χ1) is 25.2. The van der Waals surface area contributed by atoms with Crippen molar-refractivity contribution in [1.29, 1.82) is 0 Å². The molecule has 0 saturated heterocycles. The Kier molecular flexibility index (Phi) is 9.56. The molecule has 252 valence electrons. The molecule has 0 amide bonds. The van der Waals surface area contributed by atoms with E-state index in [1.54, 1.807) is 0 Å². The topological polar surface area (TPSA) is 43.2 Å². The Balaban J connectivity index is 1.19. The lowest BCUT2D eigenvalue weighted by Gasteiger charge is -2.32. The molecule has 51 heavy (non-hydrogen) atoms. The van der Waals surface area contributed by atoms with Gasteiger partial charge in [-0.05, 0) is 70.2 Å². The maximum Gasteiger partial charge on any atom is 0.200 e. The fourth-order valence-electron chi connectivity index (χ4n) is 7.38. The van der Waals surface area contributed by atoms with Crippen molar-refractivity contribution in [3.05, 3.63) is 192 Å². The molecule has 0 spiro atoms. The molecule has 0 aliphatic carbocycles. The van der Waals surface area contributed by atoms with Gasteiger partial charge in [0.05, 0.1) is 12.1 Å². The maximum atomic E-state index is 6.69. The van der Waals surface area contributed by atoms with Crippen LogP contribution in [0, 0.1) is 5.41 Å². The summed E-state index contributed by atoms with van der Waals surface area (Å²) < 4.78 is 13.4. The second kappa shape index (κ2) is 15.0. The van der Waals surface area contributed by atoms with Crippen LogP contribution in [0.25, 0.3) is 22.3 Å². The minimum absolute atomic E-state index is 0.0183. The van der Waals surface area contributed by atoms with Crippen LogP contribution in [0.4, 0.5) is 0 Å². The van der Waals surface area contributed by atoms with Gasteiger partial charge >= 0.3 is 0 Å². The average molecular weight is 667 g/mol. The zero-order valence-corrected chi connectivity index (χ0v) is 28.8.